The Bertz CT molecular complexity index is 488. The van der Waals surface area contributed by atoms with Gasteiger partial charge >= 0.3 is 5.97 Å². The molecule has 1 N–H and O–H groups in total. The Kier molecular flexibility index (Phi) is 3.55. The maximum atomic E-state index is 11.9. The van der Waals surface area contributed by atoms with E-state index in [9.17, 15) is 9.90 Å². The molecular formula is C17H23NO2. The van der Waals surface area contributed by atoms with Crippen molar-refractivity contribution in [2.75, 3.05) is 6.54 Å². The second-order valence-corrected chi connectivity index (χ2v) is 6.70. The van der Waals surface area contributed by atoms with Crippen LogP contribution >= 0.6 is 0 Å². The summed E-state index contributed by atoms with van der Waals surface area (Å²) in [5.74, 6) is -0.0650. The van der Waals surface area contributed by atoms with Gasteiger partial charge < -0.3 is 5.11 Å². The Hall–Kier alpha value is -1.35. The van der Waals surface area contributed by atoms with E-state index in [1.54, 1.807) is 0 Å². The molecule has 1 heterocycles. The molecule has 108 valence electrons. The average molecular weight is 273 g/mol. The van der Waals surface area contributed by atoms with Crippen molar-refractivity contribution in [3.8, 4) is 0 Å². The molecule has 0 saturated heterocycles. The molecular weight excluding hydrogens is 250 g/mol. The Morgan fingerprint density at radius 2 is 2.00 bits per heavy atom. The van der Waals surface area contributed by atoms with Crippen molar-refractivity contribution in [2.45, 2.75) is 45.7 Å². The second kappa shape index (κ2) is 5.21. The number of carbonyl (C=O) groups is 1. The zero-order valence-electron chi connectivity index (χ0n) is 12.1. The number of carboxylic acids is 1. The number of carboxylic acid groups (broad SMARTS) is 1. The van der Waals surface area contributed by atoms with Crippen molar-refractivity contribution in [1.29, 1.82) is 0 Å². The van der Waals surface area contributed by atoms with Gasteiger partial charge in [-0.05, 0) is 29.9 Å². The van der Waals surface area contributed by atoms with E-state index in [2.05, 4.69) is 36.1 Å². The molecule has 0 amide bonds. The van der Waals surface area contributed by atoms with Crippen molar-refractivity contribution < 1.29 is 9.90 Å². The summed E-state index contributed by atoms with van der Waals surface area (Å²) >= 11 is 0. The van der Waals surface area contributed by atoms with Gasteiger partial charge in [-0.25, -0.2) is 0 Å². The highest BCUT2D eigenvalue weighted by Crippen LogP contribution is 2.41. The number of nitrogens with zero attached hydrogens (tertiary/aromatic N) is 1. The van der Waals surface area contributed by atoms with Gasteiger partial charge in [-0.15, -0.1) is 0 Å². The first-order chi connectivity index (χ1) is 9.59. The van der Waals surface area contributed by atoms with Crippen molar-refractivity contribution >= 4 is 5.97 Å². The number of aliphatic carboxylic acids is 1. The average Bonchev–Trinajstić information content (AvgIpc) is 2.80. The van der Waals surface area contributed by atoms with E-state index >= 15 is 0 Å². The van der Waals surface area contributed by atoms with Crippen LogP contribution < -0.4 is 0 Å². The minimum atomic E-state index is -0.597. The van der Waals surface area contributed by atoms with Gasteiger partial charge in [-0.2, -0.15) is 0 Å². The fourth-order valence-corrected chi connectivity index (χ4v) is 4.01. The highest BCUT2D eigenvalue weighted by Gasteiger charge is 2.43. The number of fused-ring (bicyclic) bond motifs is 1. The van der Waals surface area contributed by atoms with E-state index < -0.39 is 11.4 Å². The van der Waals surface area contributed by atoms with Crippen LogP contribution in [-0.4, -0.2) is 22.5 Å². The molecule has 1 saturated carbocycles. The third-order valence-corrected chi connectivity index (χ3v) is 4.98. The summed E-state index contributed by atoms with van der Waals surface area (Å²) in [5, 5.41) is 9.76. The monoisotopic (exact) mass is 273 g/mol. The fraction of sp³-hybridized carbons (Fsp3) is 0.588. The molecule has 3 nitrogen and oxygen atoms in total. The normalized spacial score (nSPS) is 30.1. The van der Waals surface area contributed by atoms with Gasteiger partial charge in [0, 0.05) is 19.6 Å². The third-order valence-electron chi connectivity index (χ3n) is 4.98. The molecule has 2 unspecified atom stereocenters. The Morgan fingerprint density at radius 1 is 1.35 bits per heavy atom. The zero-order chi connectivity index (χ0) is 14.2. The van der Waals surface area contributed by atoms with E-state index in [4.69, 9.17) is 0 Å². The van der Waals surface area contributed by atoms with Gasteiger partial charge in [0.25, 0.3) is 0 Å². The molecule has 0 spiro atoms. The lowest BCUT2D eigenvalue weighted by molar-refractivity contribution is -0.153. The van der Waals surface area contributed by atoms with Crippen LogP contribution in [0.1, 0.15) is 43.7 Å². The summed E-state index contributed by atoms with van der Waals surface area (Å²) in [6, 6.07) is 8.45. The lowest BCUT2D eigenvalue weighted by Crippen LogP contribution is -2.44. The van der Waals surface area contributed by atoms with Crippen LogP contribution in [0.5, 0.6) is 0 Å². The highest BCUT2D eigenvalue weighted by atomic mass is 16.4. The number of hydrogen-bond donors (Lipinski definition) is 1. The van der Waals surface area contributed by atoms with Crippen molar-refractivity contribution in [1.82, 2.24) is 4.90 Å². The van der Waals surface area contributed by atoms with Gasteiger partial charge in [-0.1, -0.05) is 44.0 Å². The molecule has 3 rings (SSSR count). The topological polar surface area (TPSA) is 40.5 Å². The van der Waals surface area contributed by atoms with Gasteiger partial charge in [0.1, 0.15) is 0 Å². The van der Waals surface area contributed by atoms with E-state index in [0.717, 1.165) is 32.4 Å². The molecule has 1 aromatic rings. The zero-order valence-corrected chi connectivity index (χ0v) is 12.1. The fourth-order valence-electron chi connectivity index (χ4n) is 4.01. The number of hydrogen-bond acceptors (Lipinski definition) is 2. The van der Waals surface area contributed by atoms with Gasteiger partial charge in [-0.3, -0.25) is 9.69 Å². The summed E-state index contributed by atoms with van der Waals surface area (Å²) in [5.41, 5.74) is 2.19. The Balaban J connectivity index is 1.74. The quantitative estimate of drug-likeness (QED) is 0.918. The van der Waals surface area contributed by atoms with Crippen LogP contribution in [0, 0.1) is 11.3 Å². The van der Waals surface area contributed by atoms with Crippen LogP contribution in [0.15, 0.2) is 24.3 Å². The number of benzene rings is 1. The standard InChI is InChI=1S/C17H23NO2/c1-13-5-4-8-17(9-13,16(19)20)12-18-10-14-6-2-3-7-15(14)11-18/h2-3,6-7,13H,4-5,8-12H2,1H3,(H,19,20). The Morgan fingerprint density at radius 3 is 2.55 bits per heavy atom. The summed E-state index contributed by atoms with van der Waals surface area (Å²) in [6.45, 7) is 4.69. The summed E-state index contributed by atoms with van der Waals surface area (Å²) in [4.78, 5) is 14.2. The molecule has 1 aliphatic carbocycles. The first kappa shape index (κ1) is 13.6. The molecule has 1 fully saturated rings. The Labute approximate surface area is 120 Å². The van der Waals surface area contributed by atoms with Crippen molar-refractivity contribution in [3.63, 3.8) is 0 Å². The van der Waals surface area contributed by atoms with Gasteiger partial charge in [0.05, 0.1) is 5.41 Å². The minimum absolute atomic E-state index is 0.528. The van der Waals surface area contributed by atoms with Gasteiger partial charge in [0.2, 0.25) is 0 Å². The third kappa shape index (κ3) is 2.47. The maximum Gasteiger partial charge on any atom is 0.310 e. The lowest BCUT2D eigenvalue weighted by atomic mass is 9.69. The predicted molar refractivity (Wildman–Crippen MR) is 78.3 cm³/mol. The predicted octanol–water partition coefficient (Wildman–Crippen LogP) is 3.28. The molecule has 2 aliphatic rings. The van der Waals surface area contributed by atoms with E-state index in [1.165, 1.54) is 17.5 Å². The molecule has 20 heavy (non-hydrogen) atoms. The number of rotatable bonds is 3. The lowest BCUT2D eigenvalue weighted by Gasteiger charge is -2.39. The smallest absolute Gasteiger partial charge is 0.310 e. The molecule has 1 aliphatic heterocycles. The van der Waals surface area contributed by atoms with Crippen molar-refractivity contribution in [3.05, 3.63) is 35.4 Å². The van der Waals surface area contributed by atoms with Crippen LogP contribution in [0.2, 0.25) is 0 Å². The maximum absolute atomic E-state index is 11.9. The van der Waals surface area contributed by atoms with Gasteiger partial charge in [0.15, 0.2) is 0 Å². The van der Waals surface area contributed by atoms with E-state index in [-0.39, 0.29) is 0 Å². The molecule has 3 heteroatoms. The highest BCUT2D eigenvalue weighted by molar-refractivity contribution is 5.75. The van der Waals surface area contributed by atoms with Crippen LogP contribution in [0.3, 0.4) is 0 Å². The second-order valence-electron chi connectivity index (χ2n) is 6.70. The van der Waals surface area contributed by atoms with E-state index in [1.807, 2.05) is 0 Å². The summed E-state index contributed by atoms with van der Waals surface area (Å²) < 4.78 is 0. The van der Waals surface area contributed by atoms with E-state index in [0.29, 0.717) is 12.5 Å². The molecule has 0 aromatic heterocycles. The first-order valence-electron chi connectivity index (χ1n) is 7.62. The largest absolute Gasteiger partial charge is 0.481 e. The van der Waals surface area contributed by atoms with Crippen molar-refractivity contribution in [2.24, 2.45) is 11.3 Å². The molecule has 1 aromatic carbocycles. The SMILES string of the molecule is CC1CCCC(CN2Cc3ccccc3C2)(C(=O)O)C1. The first-order valence-corrected chi connectivity index (χ1v) is 7.62. The molecule has 0 bridgehead atoms. The van der Waals surface area contributed by atoms with Crippen LogP contribution in [0.25, 0.3) is 0 Å². The minimum Gasteiger partial charge on any atom is -0.481 e. The molecule has 2 atom stereocenters. The van der Waals surface area contributed by atoms with Crippen LogP contribution in [-0.2, 0) is 17.9 Å². The van der Waals surface area contributed by atoms with Crippen LogP contribution in [0.4, 0.5) is 0 Å². The molecule has 0 radical (unpaired) electrons. The summed E-state index contributed by atoms with van der Waals surface area (Å²) in [6.07, 6.45) is 3.89. The summed E-state index contributed by atoms with van der Waals surface area (Å²) in [7, 11) is 0.